The highest BCUT2D eigenvalue weighted by Crippen LogP contribution is 2.36. The summed E-state index contributed by atoms with van der Waals surface area (Å²) in [6.45, 7) is 2.70. The van der Waals surface area contributed by atoms with Crippen LogP contribution in [0.2, 0.25) is 0 Å². The van der Waals surface area contributed by atoms with Crippen molar-refractivity contribution in [3.8, 4) is 0 Å². The zero-order chi connectivity index (χ0) is 23.4. The number of para-hydroxylation sites is 1. The van der Waals surface area contributed by atoms with Gasteiger partial charge in [0.15, 0.2) is 6.10 Å². The van der Waals surface area contributed by atoms with Crippen LogP contribution < -0.4 is 4.90 Å². The van der Waals surface area contributed by atoms with Gasteiger partial charge >= 0.3 is 5.97 Å². The third-order valence-corrected chi connectivity index (χ3v) is 6.82. The number of rotatable bonds is 6. The molecule has 2 aromatic carbocycles. The Kier molecular flexibility index (Phi) is 7.11. The highest BCUT2D eigenvalue weighted by molar-refractivity contribution is 5.99. The minimum Gasteiger partial charge on any atom is -0.452 e. The van der Waals surface area contributed by atoms with E-state index in [-0.39, 0.29) is 11.8 Å². The Morgan fingerprint density at radius 3 is 2.42 bits per heavy atom. The van der Waals surface area contributed by atoms with E-state index in [1.807, 2.05) is 53.4 Å². The van der Waals surface area contributed by atoms with Gasteiger partial charge in [0.25, 0.3) is 5.91 Å². The first kappa shape index (κ1) is 23.0. The summed E-state index contributed by atoms with van der Waals surface area (Å²) in [5, 5.41) is 0. The second-order valence-corrected chi connectivity index (χ2v) is 9.13. The maximum atomic E-state index is 13.5. The van der Waals surface area contributed by atoms with Crippen LogP contribution in [0.15, 0.2) is 54.6 Å². The van der Waals surface area contributed by atoms with Gasteiger partial charge in [-0.1, -0.05) is 61.4 Å². The maximum Gasteiger partial charge on any atom is 0.310 e. The van der Waals surface area contributed by atoms with Gasteiger partial charge in [0.2, 0.25) is 5.91 Å². The molecule has 4 rings (SSSR count). The number of esters is 1. The maximum absolute atomic E-state index is 13.5. The number of nitrogens with zero attached hydrogens (tertiary/aromatic N) is 2. The van der Waals surface area contributed by atoms with Gasteiger partial charge in [-0.15, -0.1) is 0 Å². The molecule has 6 heteroatoms. The molecule has 1 aliphatic heterocycles. The van der Waals surface area contributed by atoms with Crippen LogP contribution in [-0.2, 0) is 32.1 Å². The van der Waals surface area contributed by atoms with Crippen molar-refractivity contribution in [2.75, 3.05) is 18.5 Å². The normalized spacial score (nSPS) is 20.6. The van der Waals surface area contributed by atoms with Crippen LogP contribution in [0.1, 0.15) is 43.7 Å². The molecular weight excluding hydrogens is 416 g/mol. The molecule has 6 nitrogen and oxygen atoms in total. The Labute approximate surface area is 195 Å². The van der Waals surface area contributed by atoms with Crippen molar-refractivity contribution in [3.63, 3.8) is 0 Å². The summed E-state index contributed by atoms with van der Waals surface area (Å²) >= 11 is 0. The summed E-state index contributed by atoms with van der Waals surface area (Å²) < 4.78 is 5.62. The van der Waals surface area contributed by atoms with Crippen molar-refractivity contribution in [1.29, 1.82) is 0 Å². The van der Waals surface area contributed by atoms with Gasteiger partial charge in [0.05, 0.1) is 11.8 Å². The minimum absolute atomic E-state index is 0.00164. The van der Waals surface area contributed by atoms with E-state index in [1.54, 1.807) is 18.9 Å². The minimum atomic E-state index is -0.892. The fourth-order valence-electron chi connectivity index (χ4n) is 5.03. The lowest BCUT2D eigenvalue weighted by Crippen LogP contribution is -2.44. The molecule has 2 aromatic rings. The highest BCUT2D eigenvalue weighted by atomic mass is 16.5. The van der Waals surface area contributed by atoms with Crippen LogP contribution >= 0.6 is 0 Å². The van der Waals surface area contributed by atoms with Gasteiger partial charge in [0.1, 0.15) is 0 Å². The molecule has 0 spiro atoms. The molecule has 174 valence electrons. The molecule has 2 amide bonds. The number of anilines is 1. The van der Waals surface area contributed by atoms with Crippen LogP contribution in [0.5, 0.6) is 0 Å². The number of fused-ring (bicyclic) bond motifs is 1. The SMILES string of the molecule is CC(OC(=O)C1CCCCC1C(=O)N1CCc2ccccc21)C(=O)N(C)Cc1ccccc1. The van der Waals surface area contributed by atoms with Crippen molar-refractivity contribution in [1.82, 2.24) is 4.90 Å². The monoisotopic (exact) mass is 448 g/mol. The first-order chi connectivity index (χ1) is 16.0. The number of benzene rings is 2. The molecule has 0 aromatic heterocycles. The van der Waals surface area contributed by atoms with Crippen molar-refractivity contribution >= 4 is 23.5 Å². The quantitative estimate of drug-likeness (QED) is 0.627. The molecule has 0 bridgehead atoms. The predicted molar refractivity (Wildman–Crippen MR) is 126 cm³/mol. The summed E-state index contributed by atoms with van der Waals surface area (Å²) in [4.78, 5) is 42.8. The Hall–Kier alpha value is -3.15. The first-order valence-electron chi connectivity index (χ1n) is 11.8. The average molecular weight is 449 g/mol. The van der Waals surface area contributed by atoms with Crippen molar-refractivity contribution in [2.45, 2.75) is 51.7 Å². The van der Waals surface area contributed by atoms with Crippen LogP contribution in [0.25, 0.3) is 0 Å². The predicted octanol–water partition coefficient (Wildman–Crippen LogP) is 3.97. The number of hydrogen-bond donors (Lipinski definition) is 0. The van der Waals surface area contributed by atoms with Gasteiger partial charge in [-0.3, -0.25) is 14.4 Å². The molecular formula is C27H32N2O4. The Morgan fingerprint density at radius 1 is 1.00 bits per heavy atom. The Balaban J connectivity index is 1.40. The van der Waals surface area contributed by atoms with E-state index in [2.05, 4.69) is 6.07 Å². The van der Waals surface area contributed by atoms with E-state index in [9.17, 15) is 14.4 Å². The molecule has 0 N–H and O–H groups in total. The summed E-state index contributed by atoms with van der Waals surface area (Å²) in [6.07, 6.45) is 3.04. The van der Waals surface area contributed by atoms with Crippen LogP contribution in [-0.4, -0.2) is 42.4 Å². The second-order valence-electron chi connectivity index (χ2n) is 9.13. The van der Waals surface area contributed by atoms with Crippen molar-refractivity contribution < 1.29 is 19.1 Å². The molecule has 1 saturated carbocycles. The standard InChI is InChI=1S/C27H32N2O4/c1-19(25(30)28(2)18-20-10-4-3-5-11-20)33-27(32)23-14-8-7-13-22(23)26(31)29-17-16-21-12-6-9-15-24(21)29/h3-6,9-12,15,19,22-23H,7-8,13-14,16-18H2,1-2H3. The molecule has 3 unspecified atom stereocenters. The first-order valence-corrected chi connectivity index (χ1v) is 11.8. The molecule has 0 saturated heterocycles. The van der Waals surface area contributed by atoms with Crippen molar-refractivity contribution in [2.24, 2.45) is 11.8 Å². The summed E-state index contributed by atoms with van der Waals surface area (Å²) in [5.74, 6) is -1.59. The van der Waals surface area contributed by atoms with Crippen LogP contribution in [0.3, 0.4) is 0 Å². The number of likely N-dealkylation sites (N-methyl/N-ethyl adjacent to an activating group) is 1. The Bertz CT molecular complexity index is 1010. The molecule has 1 heterocycles. The molecule has 0 radical (unpaired) electrons. The smallest absolute Gasteiger partial charge is 0.310 e. The highest BCUT2D eigenvalue weighted by Gasteiger charge is 2.41. The number of carbonyl (C=O) groups is 3. The lowest BCUT2D eigenvalue weighted by atomic mass is 9.78. The van der Waals surface area contributed by atoms with Crippen molar-refractivity contribution in [3.05, 3.63) is 65.7 Å². The zero-order valence-electron chi connectivity index (χ0n) is 19.4. The zero-order valence-corrected chi connectivity index (χ0v) is 19.4. The molecule has 1 aliphatic carbocycles. The summed E-state index contributed by atoms with van der Waals surface area (Å²) in [5.41, 5.74) is 3.13. The van der Waals surface area contributed by atoms with Gasteiger partial charge in [-0.2, -0.15) is 0 Å². The topological polar surface area (TPSA) is 66.9 Å². The third kappa shape index (κ3) is 5.10. The van der Waals surface area contributed by atoms with Gasteiger partial charge in [-0.25, -0.2) is 0 Å². The number of amides is 2. The fourth-order valence-corrected chi connectivity index (χ4v) is 5.03. The van der Waals surface area contributed by atoms with Crippen LogP contribution in [0, 0.1) is 11.8 Å². The van der Waals surface area contributed by atoms with Gasteiger partial charge < -0.3 is 14.5 Å². The number of carbonyl (C=O) groups excluding carboxylic acids is 3. The van der Waals surface area contributed by atoms with Crippen LogP contribution in [0.4, 0.5) is 5.69 Å². The lowest BCUT2D eigenvalue weighted by Gasteiger charge is -2.33. The van der Waals surface area contributed by atoms with E-state index in [0.29, 0.717) is 25.9 Å². The summed E-state index contributed by atoms with van der Waals surface area (Å²) in [7, 11) is 1.71. The third-order valence-electron chi connectivity index (χ3n) is 6.82. The number of hydrogen-bond acceptors (Lipinski definition) is 4. The molecule has 3 atom stereocenters. The van der Waals surface area contributed by atoms with Gasteiger partial charge in [-0.05, 0) is 43.4 Å². The molecule has 1 fully saturated rings. The number of ether oxygens (including phenoxy) is 1. The van der Waals surface area contributed by atoms with E-state index in [4.69, 9.17) is 4.74 Å². The molecule has 33 heavy (non-hydrogen) atoms. The van der Waals surface area contributed by atoms with E-state index in [0.717, 1.165) is 30.5 Å². The fraction of sp³-hybridized carbons (Fsp3) is 0.444. The van der Waals surface area contributed by atoms with E-state index < -0.39 is 23.9 Å². The van der Waals surface area contributed by atoms with E-state index >= 15 is 0 Å². The largest absolute Gasteiger partial charge is 0.452 e. The summed E-state index contributed by atoms with van der Waals surface area (Å²) in [6, 6.07) is 17.6. The Morgan fingerprint density at radius 2 is 1.67 bits per heavy atom. The average Bonchev–Trinajstić information content (AvgIpc) is 3.28. The molecule has 2 aliphatic rings. The van der Waals surface area contributed by atoms with Gasteiger partial charge in [0, 0.05) is 25.8 Å². The second kappa shape index (κ2) is 10.2. The lowest BCUT2D eigenvalue weighted by molar-refractivity contribution is -0.165. The van der Waals surface area contributed by atoms with E-state index in [1.165, 1.54) is 5.56 Å².